The van der Waals surface area contributed by atoms with Gasteiger partial charge in [0.05, 0.1) is 16.3 Å². The van der Waals surface area contributed by atoms with Crippen molar-refractivity contribution in [3.05, 3.63) is 65.7 Å². The van der Waals surface area contributed by atoms with Crippen LogP contribution in [0.5, 0.6) is 0 Å². The molecule has 1 aromatic heterocycles. The average Bonchev–Trinajstić information content (AvgIpc) is 2.55. The lowest BCUT2D eigenvalue weighted by atomic mass is 10.2. The monoisotopic (exact) mass is 328 g/mol. The summed E-state index contributed by atoms with van der Waals surface area (Å²) in [5.74, 6) is 0.246. The Labute approximate surface area is 137 Å². The summed E-state index contributed by atoms with van der Waals surface area (Å²) in [4.78, 5) is 16.5. The summed E-state index contributed by atoms with van der Waals surface area (Å²) in [6, 6.07) is 18.9. The van der Waals surface area contributed by atoms with E-state index < -0.39 is 0 Å². The third-order valence-electron chi connectivity index (χ3n) is 3.05. The zero-order valence-corrected chi connectivity index (χ0v) is 13.2. The molecule has 1 heterocycles. The molecule has 3 nitrogen and oxygen atoms in total. The molecule has 0 bridgehead atoms. The van der Waals surface area contributed by atoms with Gasteiger partial charge in [-0.3, -0.25) is 4.79 Å². The Hall–Kier alpha value is -2.04. The number of fused-ring (bicyclic) bond motifs is 1. The molecule has 3 aromatic rings. The topological polar surface area (TPSA) is 42.0 Å². The van der Waals surface area contributed by atoms with Crippen LogP contribution < -0.4 is 5.32 Å². The van der Waals surface area contributed by atoms with Gasteiger partial charge in [-0.15, -0.1) is 0 Å². The van der Waals surface area contributed by atoms with Gasteiger partial charge in [0.1, 0.15) is 0 Å². The Balaban J connectivity index is 1.60. The third kappa shape index (κ3) is 3.78. The minimum atomic E-state index is -0.0673. The first kappa shape index (κ1) is 14.9. The van der Waals surface area contributed by atoms with Gasteiger partial charge in [-0.2, -0.15) is 0 Å². The molecule has 5 heteroatoms. The standard InChI is InChI=1S/C17H13ClN2OS/c18-13-6-8-14(9-7-13)19-16(21)11-22-17-10-5-12-3-1-2-4-15(12)20-17/h1-10H,11H2,(H,19,21). The molecule has 0 unspecified atom stereocenters. The van der Waals surface area contributed by atoms with E-state index in [0.717, 1.165) is 21.6 Å². The van der Waals surface area contributed by atoms with Gasteiger partial charge in [0.15, 0.2) is 0 Å². The zero-order chi connectivity index (χ0) is 15.4. The highest BCUT2D eigenvalue weighted by atomic mass is 35.5. The molecule has 0 aliphatic heterocycles. The van der Waals surface area contributed by atoms with Gasteiger partial charge in [0.25, 0.3) is 0 Å². The number of halogens is 1. The van der Waals surface area contributed by atoms with E-state index in [2.05, 4.69) is 10.3 Å². The quantitative estimate of drug-likeness (QED) is 0.711. The number of nitrogens with zero attached hydrogens (tertiary/aromatic N) is 1. The third-order valence-corrected chi connectivity index (χ3v) is 4.23. The first-order valence-corrected chi connectivity index (χ1v) is 8.11. The van der Waals surface area contributed by atoms with E-state index >= 15 is 0 Å². The summed E-state index contributed by atoms with van der Waals surface area (Å²) in [7, 11) is 0. The van der Waals surface area contributed by atoms with Gasteiger partial charge in [-0.05, 0) is 36.4 Å². The number of nitrogens with one attached hydrogen (secondary N) is 1. The fraction of sp³-hybridized carbons (Fsp3) is 0.0588. The van der Waals surface area contributed by atoms with Gasteiger partial charge in [0.2, 0.25) is 5.91 Å². The van der Waals surface area contributed by atoms with E-state index in [1.165, 1.54) is 11.8 Å². The van der Waals surface area contributed by atoms with Crippen molar-refractivity contribution in [2.45, 2.75) is 5.03 Å². The molecular formula is C17H13ClN2OS. The Bertz CT molecular complexity index is 805. The lowest BCUT2D eigenvalue weighted by molar-refractivity contribution is -0.113. The van der Waals surface area contributed by atoms with Crippen LogP contribution in [0.3, 0.4) is 0 Å². The number of pyridine rings is 1. The number of rotatable bonds is 4. The van der Waals surface area contributed by atoms with Crippen LogP contribution in [0, 0.1) is 0 Å². The van der Waals surface area contributed by atoms with Crippen molar-refractivity contribution < 1.29 is 4.79 Å². The summed E-state index contributed by atoms with van der Waals surface area (Å²) in [6.07, 6.45) is 0. The highest BCUT2D eigenvalue weighted by Gasteiger charge is 2.05. The van der Waals surface area contributed by atoms with E-state index in [-0.39, 0.29) is 5.91 Å². The molecule has 0 radical (unpaired) electrons. The fourth-order valence-corrected chi connectivity index (χ4v) is 2.80. The number of anilines is 1. The van der Waals surface area contributed by atoms with Crippen molar-refractivity contribution in [3.8, 4) is 0 Å². The van der Waals surface area contributed by atoms with Crippen molar-refractivity contribution >= 4 is 45.9 Å². The molecule has 0 saturated heterocycles. The Morgan fingerprint density at radius 1 is 1.05 bits per heavy atom. The van der Waals surface area contributed by atoms with Gasteiger partial charge >= 0.3 is 0 Å². The molecule has 0 spiro atoms. The van der Waals surface area contributed by atoms with Crippen molar-refractivity contribution in [1.29, 1.82) is 0 Å². The molecule has 0 aliphatic rings. The van der Waals surface area contributed by atoms with Gasteiger partial charge in [-0.25, -0.2) is 4.98 Å². The van der Waals surface area contributed by atoms with Crippen molar-refractivity contribution in [2.24, 2.45) is 0 Å². The minimum absolute atomic E-state index is 0.0673. The van der Waals surface area contributed by atoms with Gasteiger partial charge < -0.3 is 5.32 Å². The van der Waals surface area contributed by atoms with Crippen molar-refractivity contribution in [3.63, 3.8) is 0 Å². The summed E-state index contributed by atoms with van der Waals surface area (Å²) in [5, 5.41) is 5.41. The van der Waals surface area contributed by atoms with Gasteiger partial charge in [-0.1, -0.05) is 47.6 Å². The van der Waals surface area contributed by atoms with E-state index in [1.54, 1.807) is 24.3 Å². The number of thioether (sulfide) groups is 1. The maximum atomic E-state index is 11.9. The number of aromatic nitrogens is 1. The molecule has 0 saturated carbocycles. The molecule has 0 atom stereocenters. The van der Waals surface area contributed by atoms with Crippen LogP contribution in [-0.2, 0) is 4.79 Å². The minimum Gasteiger partial charge on any atom is -0.325 e. The van der Waals surface area contributed by atoms with Crippen LogP contribution in [0.2, 0.25) is 5.02 Å². The predicted octanol–water partition coefficient (Wildman–Crippen LogP) is 4.62. The zero-order valence-electron chi connectivity index (χ0n) is 11.6. The van der Waals surface area contributed by atoms with E-state index in [9.17, 15) is 4.79 Å². The summed E-state index contributed by atoms with van der Waals surface area (Å²) in [6.45, 7) is 0. The van der Waals surface area contributed by atoms with Crippen LogP contribution >= 0.6 is 23.4 Å². The van der Waals surface area contributed by atoms with E-state index in [4.69, 9.17) is 11.6 Å². The second kappa shape index (κ2) is 6.81. The highest BCUT2D eigenvalue weighted by molar-refractivity contribution is 7.99. The lowest BCUT2D eigenvalue weighted by Crippen LogP contribution is -2.13. The van der Waals surface area contributed by atoms with Crippen molar-refractivity contribution in [1.82, 2.24) is 4.98 Å². The van der Waals surface area contributed by atoms with Gasteiger partial charge in [0, 0.05) is 16.1 Å². The Kier molecular flexibility index (Phi) is 4.61. The van der Waals surface area contributed by atoms with Crippen molar-refractivity contribution in [2.75, 3.05) is 11.1 Å². The van der Waals surface area contributed by atoms with E-state index in [0.29, 0.717) is 10.8 Å². The molecule has 2 aromatic carbocycles. The molecule has 22 heavy (non-hydrogen) atoms. The molecule has 1 N–H and O–H groups in total. The van der Waals surface area contributed by atoms with Crippen LogP contribution in [0.4, 0.5) is 5.69 Å². The molecule has 0 aliphatic carbocycles. The smallest absolute Gasteiger partial charge is 0.234 e. The SMILES string of the molecule is O=C(CSc1ccc2ccccc2n1)Nc1ccc(Cl)cc1. The number of hydrogen-bond acceptors (Lipinski definition) is 3. The number of amides is 1. The first-order valence-electron chi connectivity index (χ1n) is 6.75. The maximum Gasteiger partial charge on any atom is 0.234 e. The normalized spacial score (nSPS) is 10.6. The largest absolute Gasteiger partial charge is 0.325 e. The predicted molar refractivity (Wildman–Crippen MR) is 92.5 cm³/mol. The molecular weight excluding hydrogens is 316 g/mol. The summed E-state index contributed by atoms with van der Waals surface area (Å²) < 4.78 is 0. The van der Waals surface area contributed by atoms with Crippen LogP contribution in [0.25, 0.3) is 10.9 Å². The molecule has 1 amide bonds. The van der Waals surface area contributed by atoms with Crippen LogP contribution in [0.1, 0.15) is 0 Å². The Morgan fingerprint density at radius 3 is 2.64 bits per heavy atom. The summed E-state index contributed by atoms with van der Waals surface area (Å²) in [5.41, 5.74) is 1.67. The molecule has 0 fully saturated rings. The fourth-order valence-electron chi connectivity index (χ4n) is 2.00. The number of carbonyl (C=O) groups is 1. The Morgan fingerprint density at radius 2 is 1.82 bits per heavy atom. The maximum absolute atomic E-state index is 11.9. The second-order valence-corrected chi connectivity index (χ2v) is 6.12. The average molecular weight is 329 g/mol. The van der Waals surface area contributed by atoms with Crippen LogP contribution in [0.15, 0.2) is 65.7 Å². The number of carbonyl (C=O) groups excluding carboxylic acids is 1. The second-order valence-electron chi connectivity index (χ2n) is 4.69. The van der Waals surface area contributed by atoms with Crippen LogP contribution in [-0.4, -0.2) is 16.6 Å². The number of hydrogen-bond donors (Lipinski definition) is 1. The summed E-state index contributed by atoms with van der Waals surface area (Å²) >= 11 is 7.23. The first-order chi connectivity index (χ1) is 10.7. The number of benzene rings is 2. The number of para-hydroxylation sites is 1. The van der Waals surface area contributed by atoms with E-state index in [1.807, 2.05) is 36.4 Å². The lowest BCUT2D eigenvalue weighted by Gasteiger charge is -2.05. The molecule has 110 valence electrons. The molecule has 3 rings (SSSR count). The highest BCUT2D eigenvalue weighted by Crippen LogP contribution is 2.20.